The number of ketones is 1. The van der Waals surface area contributed by atoms with Gasteiger partial charge >= 0.3 is 0 Å². The summed E-state index contributed by atoms with van der Waals surface area (Å²) in [5.41, 5.74) is 1.71. The van der Waals surface area contributed by atoms with Gasteiger partial charge in [-0.2, -0.15) is 0 Å². The molecule has 0 aliphatic heterocycles. The molecule has 0 saturated carbocycles. The number of benzene rings is 2. The van der Waals surface area contributed by atoms with Crippen LogP contribution < -0.4 is 18.9 Å². The Balaban J connectivity index is 2.22. The molecule has 6 nitrogen and oxygen atoms in total. The monoisotopic (exact) mass is 426 g/mol. The molecule has 0 spiro atoms. The van der Waals surface area contributed by atoms with E-state index < -0.39 is 12.6 Å². The molecule has 0 aliphatic rings. The van der Waals surface area contributed by atoms with E-state index in [2.05, 4.69) is 6.58 Å². The minimum absolute atomic E-state index is 0.149. The van der Waals surface area contributed by atoms with Crippen molar-refractivity contribution in [2.24, 2.45) is 0 Å². The average molecular weight is 426 g/mol. The Kier molecular flexibility index (Phi) is 6.97. The number of allylic oxidation sites excluding steroid dienone is 1. The van der Waals surface area contributed by atoms with Gasteiger partial charge in [-0.3, -0.25) is 4.79 Å². The van der Waals surface area contributed by atoms with E-state index in [0.717, 1.165) is 0 Å². The molecule has 2 aromatic carbocycles. The Morgan fingerprint density at radius 1 is 1.06 bits per heavy atom. The predicted molar refractivity (Wildman–Crippen MR) is 114 cm³/mol. The fourth-order valence-electron chi connectivity index (χ4n) is 3.34. The molecule has 3 rings (SSSR count). The van der Waals surface area contributed by atoms with Crippen LogP contribution in [0.4, 0.5) is 4.39 Å². The fraction of sp³-hybridized carbons (Fsp3) is 0.208. The Morgan fingerprint density at radius 3 is 2.29 bits per heavy atom. The number of alkyl halides is 1. The fourth-order valence-corrected chi connectivity index (χ4v) is 3.34. The molecular weight excluding hydrogens is 403 g/mol. The zero-order chi connectivity index (χ0) is 22.4. The number of furan rings is 1. The first-order chi connectivity index (χ1) is 15.1. The maximum Gasteiger partial charge on any atom is 0.228 e. The van der Waals surface area contributed by atoms with Crippen LogP contribution in [-0.2, 0) is 6.42 Å². The molecule has 1 aromatic heterocycles. The number of hydrogen-bond acceptors (Lipinski definition) is 6. The van der Waals surface area contributed by atoms with Crippen molar-refractivity contribution in [3.05, 3.63) is 72.0 Å². The van der Waals surface area contributed by atoms with Gasteiger partial charge in [-0.1, -0.05) is 6.08 Å². The quantitative estimate of drug-likeness (QED) is 0.326. The summed E-state index contributed by atoms with van der Waals surface area (Å²) in [5.74, 6) is 1.32. The molecule has 3 aromatic rings. The number of methoxy groups -OCH3 is 3. The molecular formula is C24H23FO6. The van der Waals surface area contributed by atoms with Crippen LogP contribution in [0, 0.1) is 0 Å². The lowest BCUT2D eigenvalue weighted by Gasteiger charge is -2.17. The van der Waals surface area contributed by atoms with Crippen LogP contribution in [0.3, 0.4) is 0 Å². The van der Waals surface area contributed by atoms with E-state index in [0.29, 0.717) is 40.6 Å². The Labute approximate surface area is 179 Å². The maximum atomic E-state index is 13.5. The van der Waals surface area contributed by atoms with Crippen molar-refractivity contribution >= 4 is 5.78 Å². The molecule has 0 fully saturated rings. The summed E-state index contributed by atoms with van der Waals surface area (Å²) in [5, 5.41) is 0. The van der Waals surface area contributed by atoms with Crippen molar-refractivity contribution in [3.63, 3.8) is 0 Å². The molecule has 31 heavy (non-hydrogen) atoms. The summed E-state index contributed by atoms with van der Waals surface area (Å²) in [6, 6.07) is 10.00. The molecule has 0 aliphatic carbocycles. The van der Waals surface area contributed by atoms with Gasteiger partial charge in [-0.25, -0.2) is 4.39 Å². The van der Waals surface area contributed by atoms with Crippen molar-refractivity contribution in [1.29, 1.82) is 0 Å². The third kappa shape index (κ3) is 4.40. The molecule has 7 heteroatoms. The van der Waals surface area contributed by atoms with Crippen LogP contribution in [-0.4, -0.2) is 34.0 Å². The van der Waals surface area contributed by atoms with Gasteiger partial charge in [0.15, 0.2) is 17.3 Å². The highest BCUT2D eigenvalue weighted by molar-refractivity contribution is 6.12. The van der Waals surface area contributed by atoms with E-state index >= 15 is 0 Å². The summed E-state index contributed by atoms with van der Waals surface area (Å²) in [6.07, 6.45) is 3.56. The Bertz CT molecular complexity index is 1050. The standard InChI is InChI=1S/C24H23FO6/c1-5-7-15-10-16(19-8-6-9-30-19)11-18(23(15)31-14-25)22(26)17-12-20(27-2)24(29-4)21(13-17)28-3/h5-6,8-13H,1,7,14H2,2-4H3. The van der Waals surface area contributed by atoms with Crippen molar-refractivity contribution in [1.82, 2.24) is 0 Å². The van der Waals surface area contributed by atoms with E-state index in [4.69, 9.17) is 23.4 Å². The summed E-state index contributed by atoms with van der Waals surface area (Å²) in [4.78, 5) is 13.5. The van der Waals surface area contributed by atoms with Crippen molar-refractivity contribution in [2.75, 3.05) is 28.2 Å². The van der Waals surface area contributed by atoms with E-state index in [1.807, 2.05) is 0 Å². The van der Waals surface area contributed by atoms with Gasteiger partial charge < -0.3 is 23.4 Å². The summed E-state index contributed by atoms with van der Waals surface area (Å²) >= 11 is 0. The Morgan fingerprint density at radius 2 is 1.77 bits per heavy atom. The predicted octanol–water partition coefficient (Wildman–Crippen LogP) is 5.24. The van der Waals surface area contributed by atoms with Crippen LogP contribution in [0.1, 0.15) is 21.5 Å². The first-order valence-corrected chi connectivity index (χ1v) is 9.43. The smallest absolute Gasteiger partial charge is 0.228 e. The van der Waals surface area contributed by atoms with Gasteiger partial charge in [-0.05, 0) is 48.4 Å². The van der Waals surface area contributed by atoms with Crippen LogP contribution in [0.5, 0.6) is 23.0 Å². The molecule has 0 atom stereocenters. The largest absolute Gasteiger partial charge is 0.493 e. The Hall–Kier alpha value is -3.74. The summed E-state index contributed by atoms with van der Waals surface area (Å²) in [7, 11) is 4.40. The van der Waals surface area contributed by atoms with Crippen LogP contribution in [0.25, 0.3) is 11.3 Å². The summed E-state index contributed by atoms with van der Waals surface area (Å²) < 4.78 is 40.0. The maximum absolute atomic E-state index is 13.5. The number of rotatable bonds is 10. The normalized spacial score (nSPS) is 10.5. The van der Waals surface area contributed by atoms with Crippen molar-refractivity contribution in [2.45, 2.75) is 6.42 Å². The van der Waals surface area contributed by atoms with E-state index in [1.165, 1.54) is 39.7 Å². The highest BCUT2D eigenvalue weighted by Crippen LogP contribution is 2.40. The van der Waals surface area contributed by atoms with Gasteiger partial charge in [0.1, 0.15) is 11.5 Å². The lowest BCUT2D eigenvalue weighted by atomic mass is 9.94. The molecule has 0 N–H and O–H groups in total. The number of carbonyl (C=O) groups is 1. The van der Waals surface area contributed by atoms with Gasteiger partial charge in [0.05, 0.1) is 33.2 Å². The van der Waals surface area contributed by atoms with E-state index in [-0.39, 0.29) is 16.9 Å². The second-order valence-corrected chi connectivity index (χ2v) is 6.48. The molecule has 1 heterocycles. The van der Waals surface area contributed by atoms with Gasteiger partial charge in [-0.15, -0.1) is 6.58 Å². The lowest BCUT2D eigenvalue weighted by Crippen LogP contribution is -2.09. The molecule has 0 amide bonds. The molecule has 0 radical (unpaired) electrons. The van der Waals surface area contributed by atoms with Crippen molar-refractivity contribution < 1.29 is 32.5 Å². The number of carbonyl (C=O) groups excluding carboxylic acids is 1. The molecule has 0 unspecified atom stereocenters. The SMILES string of the molecule is C=CCc1cc(-c2ccco2)cc(C(=O)c2cc(OC)c(OC)c(OC)c2)c1OCF. The zero-order valence-corrected chi connectivity index (χ0v) is 17.6. The second-order valence-electron chi connectivity index (χ2n) is 6.48. The molecule has 0 bridgehead atoms. The highest BCUT2D eigenvalue weighted by atomic mass is 19.1. The second kappa shape index (κ2) is 9.84. The number of ether oxygens (including phenoxy) is 4. The zero-order valence-electron chi connectivity index (χ0n) is 17.6. The lowest BCUT2D eigenvalue weighted by molar-refractivity contribution is 0.103. The minimum atomic E-state index is -1.08. The van der Waals surface area contributed by atoms with Crippen molar-refractivity contribution in [3.8, 4) is 34.3 Å². The minimum Gasteiger partial charge on any atom is -0.493 e. The van der Waals surface area contributed by atoms with Crippen LogP contribution >= 0.6 is 0 Å². The average Bonchev–Trinajstić information content (AvgIpc) is 3.33. The van der Waals surface area contributed by atoms with Gasteiger partial charge in [0.25, 0.3) is 0 Å². The highest BCUT2D eigenvalue weighted by Gasteiger charge is 2.24. The molecule has 0 saturated heterocycles. The first kappa shape index (κ1) is 22.0. The third-order valence-electron chi connectivity index (χ3n) is 4.71. The topological polar surface area (TPSA) is 67.1 Å². The third-order valence-corrected chi connectivity index (χ3v) is 4.71. The summed E-state index contributed by atoms with van der Waals surface area (Å²) in [6.45, 7) is 2.66. The molecule has 162 valence electrons. The van der Waals surface area contributed by atoms with E-state index in [1.54, 1.807) is 30.3 Å². The first-order valence-electron chi connectivity index (χ1n) is 9.43. The van der Waals surface area contributed by atoms with Gasteiger partial charge in [0.2, 0.25) is 12.6 Å². The number of halogens is 1. The van der Waals surface area contributed by atoms with E-state index in [9.17, 15) is 9.18 Å². The van der Waals surface area contributed by atoms with Gasteiger partial charge in [0, 0.05) is 11.1 Å². The van der Waals surface area contributed by atoms with Crippen LogP contribution in [0.2, 0.25) is 0 Å². The van der Waals surface area contributed by atoms with Crippen LogP contribution in [0.15, 0.2) is 59.7 Å². The number of hydrogen-bond donors (Lipinski definition) is 0.